The molecule has 2 aromatic rings. The highest BCUT2D eigenvalue weighted by Crippen LogP contribution is 2.37. The summed E-state index contributed by atoms with van der Waals surface area (Å²) in [6.45, 7) is 0. The molecule has 3 rings (SSSR count). The second kappa shape index (κ2) is 4.03. The standard InChI is InChI=1S/C13H11N3O2/c17-16(18)10-6-7-11-12(8-10)15-13(14-11)9-4-2-1-3-5-9/h1-8,13-15H. The minimum atomic E-state index is -0.391. The number of rotatable bonds is 2. The van der Waals surface area contributed by atoms with E-state index in [0.29, 0.717) is 0 Å². The molecule has 1 heterocycles. The zero-order valence-corrected chi connectivity index (χ0v) is 9.46. The Hall–Kier alpha value is -2.56. The second-order valence-electron chi connectivity index (χ2n) is 4.12. The van der Waals surface area contributed by atoms with Gasteiger partial charge in [0.05, 0.1) is 16.3 Å². The van der Waals surface area contributed by atoms with Crippen LogP contribution < -0.4 is 10.6 Å². The molecule has 0 saturated carbocycles. The van der Waals surface area contributed by atoms with Crippen molar-refractivity contribution in [1.29, 1.82) is 0 Å². The number of nitrogens with zero attached hydrogens (tertiary/aromatic N) is 1. The molecular weight excluding hydrogens is 230 g/mol. The fourth-order valence-electron chi connectivity index (χ4n) is 2.05. The van der Waals surface area contributed by atoms with Crippen molar-refractivity contribution < 1.29 is 4.92 Å². The summed E-state index contributed by atoms with van der Waals surface area (Å²) in [5, 5.41) is 17.2. The first-order valence-corrected chi connectivity index (χ1v) is 5.60. The Balaban J connectivity index is 1.90. The summed E-state index contributed by atoms with van der Waals surface area (Å²) < 4.78 is 0. The first-order valence-electron chi connectivity index (χ1n) is 5.60. The zero-order valence-electron chi connectivity index (χ0n) is 9.46. The first kappa shape index (κ1) is 10.6. The van der Waals surface area contributed by atoms with Crippen LogP contribution in [-0.4, -0.2) is 4.92 Å². The van der Waals surface area contributed by atoms with Crippen LogP contribution in [0.15, 0.2) is 48.5 Å². The Morgan fingerprint density at radius 2 is 1.72 bits per heavy atom. The third-order valence-electron chi connectivity index (χ3n) is 2.95. The van der Waals surface area contributed by atoms with E-state index in [1.54, 1.807) is 12.1 Å². The van der Waals surface area contributed by atoms with Crippen molar-refractivity contribution in [3.8, 4) is 0 Å². The molecule has 1 atom stereocenters. The fourth-order valence-corrected chi connectivity index (χ4v) is 2.05. The molecule has 18 heavy (non-hydrogen) atoms. The minimum absolute atomic E-state index is 0.0387. The van der Waals surface area contributed by atoms with Crippen molar-refractivity contribution in [3.05, 3.63) is 64.2 Å². The van der Waals surface area contributed by atoms with Crippen molar-refractivity contribution in [1.82, 2.24) is 0 Å². The average Bonchev–Trinajstić information content (AvgIpc) is 2.82. The predicted octanol–water partition coefficient (Wildman–Crippen LogP) is 3.13. The summed E-state index contributed by atoms with van der Waals surface area (Å²) in [7, 11) is 0. The molecule has 0 amide bonds. The minimum Gasteiger partial charge on any atom is -0.360 e. The van der Waals surface area contributed by atoms with Crippen molar-refractivity contribution in [3.63, 3.8) is 0 Å². The average molecular weight is 241 g/mol. The largest absolute Gasteiger partial charge is 0.360 e. The summed E-state index contributed by atoms with van der Waals surface area (Å²) in [4.78, 5) is 10.3. The zero-order chi connectivity index (χ0) is 12.5. The van der Waals surface area contributed by atoms with Gasteiger partial charge in [0.15, 0.2) is 0 Å². The van der Waals surface area contributed by atoms with Crippen LogP contribution in [0.25, 0.3) is 0 Å². The second-order valence-corrected chi connectivity index (χ2v) is 4.12. The summed E-state index contributed by atoms with van der Waals surface area (Å²) in [5.41, 5.74) is 2.83. The van der Waals surface area contributed by atoms with Gasteiger partial charge in [0.25, 0.3) is 5.69 Å². The summed E-state index contributed by atoms with van der Waals surface area (Å²) in [5.74, 6) is 0. The fraction of sp³-hybridized carbons (Fsp3) is 0.0769. The lowest BCUT2D eigenvalue weighted by Crippen LogP contribution is -2.11. The number of nitro benzene ring substituents is 1. The Kier molecular flexibility index (Phi) is 2.37. The topological polar surface area (TPSA) is 67.2 Å². The van der Waals surface area contributed by atoms with E-state index in [1.807, 2.05) is 30.3 Å². The van der Waals surface area contributed by atoms with E-state index in [-0.39, 0.29) is 11.9 Å². The van der Waals surface area contributed by atoms with Crippen LogP contribution >= 0.6 is 0 Å². The molecule has 0 aromatic heterocycles. The van der Waals surface area contributed by atoms with Gasteiger partial charge in [-0.05, 0) is 11.6 Å². The maximum absolute atomic E-state index is 10.7. The molecule has 5 nitrogen and oxygen atoms in total. The molecular formula is C13H11N3O2. The van der Waals surface area contributed by atoms with E-state index < -0.39 is 4.92 Å². The van der Waals surface area contributed by atoms with E-state index in [0.717, 1.165) is 16.9 Å². The molecule has 0 aliphatic carbocycles. The number of hydrogen-bond acceptors (Lipinski definition) is 4. The van der Waals surface area contributed by atoms with Gasteiger partial charge in [-0.1, -0.05) is 30.3 Å². The number of hydrogen-bond donors (Lipinski definition) is 2. The van der Waals surface area contributed by atoms with Crippen LogP contribution in [0.3, 0.4) is 0 Å². The van der Waals surface area contributed by atoms with Gasteiger partial charge >= 0.3 is 0 Å². The van der Waals surface area contributed by atoms with Gasteiger partial charge in [0, 0.05) is 12.1 Å². The molecule has 2 aromatic carbocycles. The molecule has 1 aliphatic rings. The third-order valence-corrected chi connectivity index (χ3v) is 2.95. The van der Waals surface area contributed by atoms with Crippen LogP contribution in [-0.2, 0) is 0 Å². The highest BCUT2D eigenvalue weighted by atomic mass is 16.6. The van der Waals surface area contributed by atoms with Crippen molar-refractivity contribution >= 4 is 17.1 Å². The molecule has 2 N–H and O–H groups in total. The Bertz CT molecular complexity index is 598. The maximum atomic E-state index is 10.7. The van der Waals surface area contributed by atoms with E-state index >= 15 is 0 Å². The van der Waals surface area contributed by atoms with Gasteiger partial charge in [0.1, 0.15) is 6.17 Å². The summed E-state index contributed by atoms with van der Waals surface area (Å²) in [6, 6.07) is 14.7. The number of anilines is 2. The lowest BCUT2D eigenvalue weighted by atomic mass is 10.2. The van der Waals surface area contributed by atoms with Gasteiger partial charge in [0.2, 0.25) is 0 Å². The smallest absolute Gasteiger partial charge is 0.271 e. The van der Waals surface area contributed by atoms with Crippen LogP contribution in [0.4, 0.5) is 17.1 Å². The SMILES string of the molecule is O=[N+]([O-])c1ccc2c(c1)NC(c1ccccc1)N2. The molecule has 0 saturated heterocycles. The maximum Gasteiger partial charge on any atom is 0.271 e. The first-order chi connectivity index (χ1) is 8.74. The summed E-state index contributed by atoms with van der Waals surface area (Å²) in [6.07, 6.45) is -0.0387. The molecule has 5 heteroatoms. The molecule has 1 unspecified atom stereocenters. The highest BCUT2D eigenvalue weighted by molar-refractivity contribution is 5.77. The van der Waals surface area contributed by atoms with Gasteiger partial charge in [-0.2, -0.15) is 0 Å². The van der Waals surface area contributed by atoms with Crippen LogP contribution in [0, 0.1) is 10.1 Å². The Morgan fingerprint density at radius 1 is 1.00 bits per heavy atom. The quantitative estimate of drug-likeness (QED) is 0.626. The molecule has 0 spiro atoms. The van der Waals surface area contributed by atoms with Crippen molar-refractivity contribution in [2.45, 2.75) is 6.17 Å². The predicted molar refractivity (Wildman–Crippen MR) is 69.5 cm³/mol. The lowest BCUT2D eigenvalue weighted by molar-refractivity contribution is -0.384. The Morgan fingerprint density at radius 3 is 2.44 bits per heavy atom. The van der Waals surface area contributed by atoms with Gasteiger partial charge in [-0.15, -0.1) is 0 Å². The molecule has 0 bridgehead atoms. The Labute approximate surface area is 104 Å². The normalized spacial score (nSPS) is 16.6. The molecule has 1 aliphatic heterocycles. The van der Waals surface area contributed by atoms with Crippen LogP contribution in [0.2, 0.25) is 0 Å². The third kappa shape index (κ3) is 1.75. The molecule has 0 radical (unpaired) electrons. The van der Waals surface area contributed by atoms with Crippen molar-refractivity contribution in [2.24, 2.45) is 0 Å². The van der Waals surface area contributed by atoms with Gasteiger partial charge in [-0.25, -0.2) is 0 Å². The number of benzene rings is 2. The summed E-state index contributed by atoms with van der Waals surface area (Å²) >= 11 is 0. The number of nitro groups is 1. The van der Waals surface area contributed by atoms with E-state index in [4.69, 9.17) is 0 Å². The van der Waals surface area contributed by atoms with E-state index in [1.165, 1.54) is 6.07 Å². The van der Waals surface area contributed by atoms with Gasteiger partial charge in [-0.3, -0.25) is 10.1 Å². The highest BCUT2D eigenvalue weighted by Gasteiger charge is 2.22. The molecule has 90 valence electrons. The number of nitrogens with one attached hydrogen (secondary N) is 2. The van der Waals surface area contributed by atoms with Crippen LogP contribution in [0.1, 0.15) is 11.7 Å². The number of non-ortho nitro benzene ring substituents is 1. The van der Waals surface area contributed by atoms with Crippen molar-refractivity contribution in [2.75, 3.05) is 10.6 Å². The molecule has 0 fully saturated rings. The number of fused-ring (bicyclic) bond motifs is 1. The lowest BCUT2D eigenvalue weighted by Gasteiger charge is -2.11. The van der Waals surface area contributed by atoms with E-state index in [2.05, 4.69) is 10.6 Å². The van der Waals surface area contributed by atoms with Gasteiger partial charge < -0.3 is 10.6 Å². The monoisotopic (exact) mass is 241 g/mol. The van der Waals surface area contributed by atoms with Crippen LogP contribution in [0.5, 0.6) is 0 Å². The van der Waals surface area contributed by atoms with E-state index in [9.17, 15) is 10.1 Å².